The zero-order valence-electron chi connectivity index (χ0n) is 13.6. The zero-order chi connectivity index (χ0) is 15.7. The smallest absolute Gasteiger partial charge is 0.227 e. The van der Waals surface area contributed by atoms with E-state index in [1.807, 2.05) is 22.7 Å². The van der Waals surface area contributed by atoms with E-state index in [0.717, 1.165) is 37.2 Å². The van der Waals surface area contributed by atoms with Gasteiger partial charge in [0.15, 0.2) is 0 Å². The molecule has 1 aromatic carbocycles. The normalized spacial score (nSPS) is 14.0. The van der Waals surface area contributed by atoms with Crippen LogP contribution in [-0.2, 0) is 24.7 Å². The maximum absolute atomic E-state index is 12.7. The van der Waals surface area contributed by atoms with Gasteiger partial charge in [-0.1, -0.05) is 6.07 Å². The van der Waals surface area contributed by atoms with Gasteiger partial charge in [-0.3, -0.25) is 4.79 Å². The molecule has 1 aliphatic heterocycles. The minimum atomic E-state index is 0.215. The van der Waals surface area contributed by atoms with E-state index in [1.54, 1.807) is 6.33 Å². The van der Waals surface area contributed by atoms with Crippen LogP contribution in [0.2, 0.25) is 0 Å². The topological polar surface area (TPSA) is 38.1 Å². The number of hydrogen-bond acceptors (Lipinski definition) is 2. The molecule has 0 unspecified atom stereocenters. The van der Waals surface area contributed by atoms with Crippen molar-refractivity contribution in [3.8, 4) is 0 Å². The number of hydrogen-bond donors (Lipinski definition) is 0. The van der Waals surface area contributed by atoms with E-state index in [9.17, 15) is 4.79 Å². The Balaban J connectivity index is 1.79. The lowest BCUT2D eigenvalue weighted by molar-refractivity contribution is -0.118. The number of imidazole rings is 1. The van der Waals surface area contributed by atoms with Crippen molar-refractivity contribution in [2.24, 2.45) is 7.05 Å². The van der Waals surface area contributed by atoms with Gasteiger partial charge in [-0.05, 0) is 55.9 Å². The highest BCUT2D eigenvalue weighted by Gasteiger charge is 2.23. The standard InChI is InChI=1S/C18H23N3O/c1-13-9-14(2)16-5-4-8-21(17(16)10-13)18(22)7-6-15-11-19-12-20(15)3/h9-12H,4-8H2,1-3H3. The van der Waals surface area contributed by atoms with Gasteiger partial charge in [-0.25, -0.2) is 4.98 Å². The molecule has 0 radical (unpaired) electrons. The van der Waals surface area contributed by atoms with Crippen LogP contribution < -0.4 is 4.90 Å². The first-order valence-electron chi connectivity index (χ1n) is 7.92. The maximum atomic E-state index is 12.7. The number of carbonyl (C=O) groups is 1. The van der Waals surface area contributed by atoms with Crippen molar-refractivity contribution in [1.29, 1.82) is 0 Å². The van der Waals surface area contributed by atoms with E-state index < -0.39 is 0 Å². The Kier molecular flexibility index (Phi) is 4.01. The molecule has 4 heteroatoms. The number of aryl methyl sites for hydroxylation is 4. The number of fused-ring (bicyclic) bond motifs is 1. The molecular formula is C18H23N3O. The first kappa shape index (κ1) is 14.8. The Morgan fingerprint density at radius 1 is 1.32 bits per heavy atom. The second-order valence-electron chi connectivity index (χ2n) is 6.22. The van der Waals surface area contributed by atoms with Crippen molar-refractivity contribution in [2.75, 3.05) is 11.4 Å². The minimum Gasteiger partial charge on any atom is -0.338 e. The molecular weight excluding hydrogens is 274 g/mol. The summed E-state index contributed by atoms with van der Waals surface area (Å²) in [6.45, 7) is 5.08. The fourth-order valence-corrected chi connectivity index (χ4v) is 3.33. The zero-order valence-corrected chi connectivity index (χ0v) is 13.6. The van der Waals surface area contributed by atoms with E-state index in [4.69, 9.17) is 0 Å². The van der Waals surface area contributed by atoms with Gasteiger partial charge < -0.3 is 9.47 Å². The molecule has 0 fully saturated rings. The lowest BCUT2D eigenvalue weighted by Gasteiger charge is -2.31. The van der Waals surface area contributed by atoms with Crippen molar-refractivity contribution in [2.45, 2.75) is 39.5 Å². The molecule has 116 valence electrons. The number of carbonyl (C=O) groups excluding carboxylic acids is 1. The summed E-state index contributed by atoms with van der Waals surface area (Å²) in [6.07, 6.45) is 7.02. The van der Waals surface area contributed by atoms with Crippen molar-refractivity contribution < 1.29 is 4.79 Å². The quantitative estimate of drug-likeness (QED) is 0.873. The van der Waals surface area contributed by atoms with Crippen LogP contribution in [0.5, 0.6) is 0 Å². The highest BCUT2D eigenvalue weighted by atomic mass is 16.2. The number of aromatic nitrogens is 2. The summed E-state index contributed by atoms with van der Waals surface area (Å²) in [5, 5.41) is 0. The predicted molar refractivity (Wildman–Crippen MR) is 88.1 cm³/mol. The van der Waals surface area contributed by atoms with Gasteiger partial charge in [0.25, 0.3) is 0 Å². The lowest BCUT2D eigenvalue weighted by atomic mass is 9.94. The molecule has 0 N–H and O–H groups in total. The average Bonchev–Trinajstić information content (AvgIpc) is 2.89. The molecule has 1 amide bonds. The molecule has 0 saturated carbocycles. The van der Waals surface area contributed by atoms with E-state index in [2.05, 4.69) is 31.0 Å². The van der Waals surface area contributed by atoms with Gasteiger partial charge in [-0.2, -0.15) is 0 Å². The fraction of sp³-hybridized carbons (Fsp3) is 0.444. The van der Waals surface area contributed by atoms with Crippen molar-refractivity contribution in [1.82, 2.24) is 9.55 Å². The molecule has 0 bridgehead atoms. The van der Waals surface area contributed by atoms with E-state index in [-0.39, 0.29) is 5.91 Å². The first-order valence-corrected chi connectivity index (χ1v) is 7.92. The maximum Gasteiger partial charge on any atom is 0.227 e. The number of benzene rings is 1. The second kappa shape index (κ2) is 5.95. The molecule has 2 aromatic rings. The van der Waals surface area contributed by atoms with Crippen LogP contribution in [0.15, 0.2) is 24.7 Å². The third-order valence-electron chi connectivity index (χ3n) is 4.51. The van der Waals surface area contributed by atoms with E-state index in [1.165, 1.54) is 16.7 Å². The Morgan fingerprint density at radius 2 is 2.14 bits per heavy atom. The lowest BCUT2D eigenvalue weighted by Crippen LogP contribution is -2.36. The summed E-state index contributed by atoms with van der Waals surface area (Å²) in [4.78, 5) is 18.8. The summed E-state index contributed by atoms with van der Waals surface area (Å²) in [6, 6.07) is 4.37. The SMILES string of the molecule is Cc1cc(C)c2c(c1)N(C(=O)CCc1cncn1C)CCC2. The van der Waals surface area contributed by atoms with Gasteiger partial charge >= 0.3 is 0 Å². The Labute approximate surface area is 131 Å². The largest absolute Gasteiger partial charge is 0.338 e. The second-order valence-corrected chi connectivity index (χ2v) is 6.22. The van der Waals surface area contributed by atoms with Gasteiger partial charge in [0, 0.05) is 37.6 Å². The van der Waals surface area contributed by atoms with Gasteiger partial charge in [0.05, 0.1) is 6.33 Å². The van der Waals surface area contributed by atoms with Crippen LogP contribution in [0.3, 0.4) is 0 Å². The van der Waals surface area contributed by atoms with Crippen molar-refractivity contribution in [3.63, 3.8) is 0 Å². The predicted octanol–water partition coefficient (Wildman–Crippen LogP) is 2.95. The Hall–Kier alpha value is -2.10. The molecule has 4 nitrogen and oxygen atoms in total. The number of amides is 1. The van der Waals surface area contributed by atoms with E-state index in [0.29, 0.717) is 6.42 Å². The van der Waals surface area contributed by atoms with Crippen molar-refractivity contribution in [3.05, 3.63) is 47.0 Å². The van der Waals surface area contributed by atoms with Gasteiger partial charge in [0.1, 0.15) is 0 Å². The third-order valence-corrected chi connectivity index (χ3v) is 4.51. The van der Waals surface area contributed by atoms with E-state index >= 15 is 0 Å². The highest BCUT2D eigenvalue weighted by Crippen LogP contribution is 2.31. The summed E-state index contributed by atoms with van der Waals surface area (Å²) in [5.74, 6) is 0.215. The molecule has 22 heavy (non-hydrogen) atoms. The molecule has 3 rings (SSSR count). The number of anilines is 1. The molecule has 0 atom stereocenters. The van der Waals surface area contributed by atoms with Crippen LogP contribution in [0.4, 0.5) is 5.69 Å². The average molecular weight is 297 g/mol. The fourth-order valence-electron chi connectivity index (χ4n) is 3.33. The Bertz CT molecular complexity index is 702. The van der Waals surface area contributed by atoms with Crippen molar-refractivity contribution >= 4 is 11.6 Å². The van der Waals surface area contributed by atoms with Crippen LogP contribution in [0.1, 0.15) is 35.2 Å². The number of nitrogens with zero attached hydrogens (tertiary/aromatic N) is 3. The van der Waals surface area contributed by atoms with Crippen LogP contribution in [0, 0.1) is 13.8 Å². The third kappa shape index (κ3) is 2.78. The molecule has 0 aliphatic carbocycles. The Morgan fingerprint density at radius 3 is 2.86 bits per heavy atom. The van der Waals surface area contributed by atoms with Crippen LogP contribution in [0.25, 0.3) is 0 Å². The molecule has 1 aliphatic rings. The van der Waals surface area contributed by atoms with Crippen LogP contribution in [-0.4, -0.2) is 22.0 Å². The molecule has 1 aromatic heterocycles. The molecule has 0 spiro atoms. The summed E-state index contributed by atoms with van der Waals surface area (Å²) >= 11 is 0. The summed E-state index contributed by atoms with van der Waals surface area (Å²) in [7, 11) is 1.97. The minimum absolute atomic E-state index is 0.215. The van der Waals surface area contributed by atoms with Crippen LogP contribution >= 0.6 is 0 Å². The molecule has 0 saturated heterocycles. The first-order chi connectivity index (χ1) is 10.6. The highest BCUT2D eigenvalue weighted by molar-refractivity contribution is 5.95. The van der Waals surface area contributed by atoms with Gasteiger partial charge in [0.2, 0.25) is 5.91 Å². The van der Waals surface area contributed by atoms with Gasteiger partial charge in [-0.15, -0.1) is 0 Å². The monoisotopic (exact) mass is 297 g/mol. The number of rotatable bonds is 3. The molecule has 2 heterocycles. The summed E-state index contributed by atoms with van der Waals surface area (Å²) < 4.78 is 1.98. The summed E-state index contributed by atoms with van der Waals surface area (Å²) in [5.41, 5.74) is 6.09.